The third-order valence-electron chi connectivity index (χ3n) is 1.83. The molecule has 0 amide bonds. The first-order chi connectivity index (χ1) is 7.38. The molecule has 0 spiro atoms. The van der Waals surface area contributed by atoms with Gasteiger partial charge in [-0.05, 0) is 29.8 Å². The van der Waals surface area contributed by atoms with Gasteiger partial charge in [-0.1, -0.05) is 17.7 Å². The summed E-state index contributed by atoms with van der Waals surface area (Å²) in [7, 11) is -3.62. The van der Waals surface area contributed by atoms with Crippen LogP contribution >= 0.6 is 23.2 Å². The molecule has 0 aliphatic rings. The van der Waals surface area contributed by atoms with Crippen LogP contribution in [0.4, 0.5) is 0 Å². The number of sulfone groups is 1. The van der Waals surface area contributed by atoms with Gasteiger partial charge in [-0.15, -0.1) is 6.58 Å². The highest BCUT2D eigenvalue weighted by Gasteiger charge is 2.20. The van der Waals surface area contributed by atoms with Gasteiger partial charge in [-0.2, -0.15) is 0 Å². The summed E-state index contributed by atoms with van der Waals surface area (Å²) in [5.41, 5.74) is -0.0760. The molecule has 0 aromatic heterocycles. The van der Waals surface area contributed by atoms with Crippen molar-refractivity contribution in [2.45, 2.75) is 4.90 Å². The van der Waals surface area contributed by atoms with E-state index in [0.29, 0.717) is 0 Å². The van der Waals surface area contributed by atoms with E-state index in [1.165, 1.54) is 24.3 Å². The number of hydrogen-bond acceptors (Lipinski definition) is 3. The van der Waals surface area contributed by atoms with E-state index in [4.69, 9.17) is 23.2 Å². The maximum atomic E-state index is 11.8. The molecule has 0 saturated heterocycles. The maximum absolute atomic E-state index is 11.8. The molecule has 0 unspecified atom stereocenters. The molecule has 3 nitrogen and oxygen atoms in total. The third kappa shape index (κ3) is 2.84. The van der Waals surface area contributed by atoms with Crippen LogP contribution in [0, 0.1) is 0 Å². The lowest BCUT2D eigenvalue weighted by atomic mass is 10.2. The first-order valence-corrected chi connectivity index (χ1v) is 6.62. The molecule has 6 heteroatoms. The van der Waals surface area contributed by atoms with Crippen molar-refractivity contribution in [3.05, 3.63) is 41.4 Å². The van der Waals surface area contributed by atoms with E-state index in [-0.39, 0.29) is 21.2 Å². The number of carbonyl (C=O) groups is 1. The van der Waals surface area contributed by atoms with Gasteiger partial charge in [0.15, 0.2) is 9.84 Å². The Labute approximate surface area is 104 Å². The molecule has 0 aliphatic carbocycles. The van der Waals surface area contributed by atoms with Gasteiger partial charge in [0, 0.05) is 5.02 Å². The van der Waals surface area contributed by atoms with Crippen LogP contribution in [-0.2, 0) is 9.84 Å². The predicted octanol–water partition coefficient (Wildman–Crippen LogP) is 2.68. The normalized spacial score (nSPS) is 11.1. The van der Waals surface area contributed by atoms with Crippen molar-refractivity contribution in [3.8, 4) is 0 Å². The van der Waals surface area contributed by atoms with E-state index in [1.54, 1.807) is 0 Å². The van der Waals surface area contributed by atoms with Gasteiger partial charge in [0.1, 0.15) is 0 Å². The Balaban J connectivity index is 3.47. The van der Waals surface area contributed by atoms with Crippen LogP contribution in [0.15, 0.2) is 35.7 Å². The van der Waals surface area contributed by atoms with Crippen LogP contribution in [-0.4, -0.2) is 19.4 Å². The molecule has 0 bridgehead atoms. The average molecular weight is 279 g/mol. The summed E-state index contributed by atoms with van der Waals surface area (Å²) in [4.78, 5) is 10.9. The number of rotatable bonds is 4. The quantitative estimate of drug-likeness (QED) is 0.629. The molecular formula is C10H8Cl2O3S. The molecule has 0 aliphatic heterocycles. The van der Waals surface area contributed by atoms with E-state index in [0.717, 1.165) is 0 Å². The van der Waals surface area contributed by atoms with Gasteiger partial charge in [0.05, 0.1) is 16.2 Å². The largest absolute Gasteiger partial charge is 0.276 e. The van der Waals surface area contributed by atoms with Crippen molar-refractivity contribution in [3.63, 3.8) is 0 Å². The van der Waals surface area contributed by atoms with E-state index in [1.807, 2.05) is 0 Å². The molecule has 0 radical (unpaired) electrons. The minimum atomic E-state index is -3.62. The van der Waals surface area contributed by atoms with Crippen molar-refractivity contribution in [1.82, 2.24) is 0 Å². The van der Waals surface area contributed by atoms with Gasteiger partial charge in [-0.3, -0.25) is 4.79 Å². The highest BCUT2D eigenvalue weighted by atomic mass is 35.5. The van der Waals surface area contributed by atoms with Crippen molar-refractivity contribution in [2.24, 2.45) is 0 Å². The lowest BCUT2D eigenvalue weighted by Gasteiger charge is -2.06. The van der Waals surface area contributed by atoms with E-state index in [2.05, 4.69) is 6.58 Å². The zero-order chi connectivity index (χ0) is 12.3. The fourth-order valence-electron chi connectivity index (χ4n) is 1.16. The molecule has 1 aromatic carbocycles. The summed E-state index contributed by atoms with van der Waals surface area (Å²) in [5, 5.41) is -0.608. The zero-order valence-corrected chi connectivity index (χ0v) is 10.4. The lowest BCUT2D eigenvalue weighted by Crippen LogP contribution is -2.09. The van der Waals surface area contributed by atoms with Gasteiger partial charge in [0.2, 0.25) is 0 Å². The molecule has 0 N–H and O–H groups in total. The summed E-state index contributed by atoms with van der Waals surface area (Å²) in [6.45, 7) is 3.34. The highest BCUT2D eigenvalue weighted by molar-refractivity contribution is 7.91. The summed E-state index contributed by atoms with van der Waals surface area (Å²) in [6.07, 6.45) is 1.23. The first-order valence-electron chi connectivity index (χ1n) is 4.21. The fourth-order valence-corrected chi connectivity index (χ4v) is 2.91. The van der Waals surface area contributed by atoms with Crippen molar-refractivity contribution in [1.29, 1.82) is 0 Å². The van der Waals surface area contributed by atoms with Gasteiger partial charge < -0.3 is 0 Å². The van der Waals surface area contributed by atoms with Crippen LogP contribution in [0.5, 0.6) is 0 Å². The standard InChI is InChI=1S/C10H8Cl2O3S/c1-2-5-16(14,15)9-6-7(11)3-4-8(9)10(12)13/h2-4,6H,1,5H2. The van der Waals surface area contributed by atoms with Gasteiger partial charge in [-0.25, -0.2) is 8.42 Å². The zero-order valence-electron chi connectivity index (χ0n) is 8.11. The Kier molecular flexibility index (Phi) is 4.13. The number of carbonyl (C=O) groups excluding carboxylic acids is 1. The summed E-state index contributed by atoms with van der Waals surface area (Å²) in [6, 6.07) is 3.90. The fraction of sp³-hybridized carbons (Fsp3) is 0.100. The van der Waals surface area contributed by atoms with Crippen LogP contribution in [0.2, 0.25) is 5.02 Å². The average Bonchev–Trinajstić information content (AvgIpc) is 2.17. The summed E-state index contributed by atoms with van der Waals surface area (Å²) < 4.78 is 23.5. The second kappa shape index (κ2) is 4.99. The molecule has 1 rings (SSSR count). The minimum absolute atomic E-state index is 0.0760. The molecule has 86 valence electrons. The van der Waals surface area contributed by atoms with Crippen LogP contribution < -0.4 is 0 Å². The van der Waals surface area contributed by atoms with E-state index in [9.17, 15) is 13.2 Å². The van der Waals surface area contributed by atoms with Crippen LogP contribution in [0.3, 0.4) is 0 Å². The van der Waals surface area contributed by atoms with Crippen LogP contribution in [0.25, 0.3) is 0 Å². The predicted molar refractivity (Wildman–Crippen MR) is 63.9 cm³/mol. The SMILES string of the molecule is C=CCS(=O)(=O)c1cc(Cl)ccc1C(=O)Cl. The maximum Gasteiger partial charge on any atom is 0.253 e. The van der Waals surface area contributed by atoms with E-state index >= 15 is 0 Å². The van der Waals surface area contributed by atoms with Crippen LogP contribution in [0.1, 0.15) is 10.4 Å². The Morgan fingerprint density at radius 2 is 2.06 bits per heavy atom. The Hall–Kier alpha value is -0.840. The molecule has 0 fully saturated rings. The Morgan fingerprint density at radius 1 is 1.44 bits per heavy atom. The monoisotopic (exact) mass is 278 g/mol. The molecule has 1 aromatic rings. The highest BCUT2D eigenvalue weighted by Crippen LogP contribution is 2.23. The van der Waals surface area contributed by atoms with Crippen molar-refractivity contribution < 1.29 is 13.2 Å². The minimum Gasteiger partial charge on any atom is -0.276 e. The topological polar surface area (TPSA) is 51.2 Å². The smallest absolute Gasteiger partial charge is 0.253 e. The number of halogens is 2. The Morgan fingerprint density at radius 3 is 2.56 bits per heavy atom. The van der Waals surface area contributed by atoms with E-state index < -0.39 is 15.1 Å². The van der Waals surface area contributed by atoms with Gasteiger partial charge >= 0.3 is 0 Å². The van der Waals surface area contributed by atoms with Gasteiger partial charge in [0.25, 0.3) is 5.24 Å². The second-order valence-corrected chi connectivity index (χ2v) is 5.77. The lowest BCUT2D eigenvalue weighted by molar-refractivity contribution is 0.107. The summed E-state index contributed by atoms with van der Waals surface area (Å²) in [5.74, 6) is -0.273. The van der Waals surface area contributed by atoms with Crippen molar-refractivity contribution >= 4 is 38.3 Å². The first kappa shape index (κ1) is 13.2. The second-order valence-electron chi connectivity index (χ2n) is 2.98. The molecule has 0 saturated carbocycles. The summed E-state index contributed by atoms with van der Waals surface area (Å²) >= 11 is 11.0. The molecule has 0 heterocycles. The molecular weight excluding hydrogens is 271 g/mol. The van der Waals surface area contributed by atoms with Crippen molar-refractivity contribution in [2.75, 3.05) is 5.75 Å². The Bertz CT molecular complexity index is 535. The number of benzene rings is 1. The molecule has 16 heavy (non-hydrogen) atoms. The molecule has 0 atom stereocenters. The third-order valence-corrected chi connectivity index (χ3v) is 3.95. The number of hydrogen-bond donors (Lipinski definition) is 0.